The number of phenolic OH excluding ortho intramolecular Hbond substituents is 1. The van der Waals surface area contributed by atoms with Gasteiger partial charge in [-0.2, -0.15) is 0 Å². The molecule has 1 aromatic rings. The quantitative estimate of drug-likeness (QED) is 0.818. The fraction of sp³-hybridized carbons (Fsp3) is 0.533. The molecule has 1 aliphatic rings. The molecule has 19 heavy (non-hydrogen) atoms. The molecule has 2 atom stereocenters. The third-order valence-corrected chi connectivity index (χ3v) is 4.53. The molecule has 0 spiro atoms. The number of aliphatic carboxylic acids is 1. The Morgan fingerprint density at radius 1 is 1.26 bits per heavy atom. The topological polar surface area (TPSA) is 66.8 Å². The maximum Gasteiger partial charge on any atom is 0.348 e. The molecule has 0 saturated carbocycles. The summed E-state index contributed by atoms with van der Waals surface area (Å²) in [5.41, 5.74) is 2.06. The fourth-order valence-corrected chi connectivity index (χ4v) is 2.62. The third-order valence-electron chi connectivity index (χ3n) is 4.53. The van der Waals surface area contributed by atoms with E-state index in [1.165, 1.54) is 0 Å². The first-order chi connectivity index (χ1) is 8.70. The van der Waals surface area contributed by atoms with Gasteiger partial charge in [-0.1, -0.05) is 6.92 Å². The van der Waals surface area contributed by atoms with E-state index < -0.39 is 11.6 Å². The summed E-state index contributed by atoms with van der Waals surface area (Å²) in [7, 11) is 0. The summed E-state index contributed by atoms with van der Waals surface area (Å²) in [6.07, 6.45) is 0.596. The number of ether oxygens (including phenoxy) is 1. The van der Waals surface area contributed by atoms with Crippen molar-refractivity contribution in [3.63, 3.8) is 0 Å². The predicted octanol–water partition coefficient (Wildman–Crippen LogP) is 2.73. The van der Waals surface area contributed by atoms with Crippen molar-refractivity contribution >= 4 is 5.97 Å². The average molecular weight is 264 g/mol. The van der Waals surface area contributed by atoms with Crippen molar-refractivity contribution in [2.45, 2.75) is 46.6 Å². The van der Waals surface area contributed by atoms with Crippen molar-refractivity contribution < 1.29 is 19.7 Å². The summed E-state index contributed by atoms with van der Waals surface area (Å²) in [5, 5.41) is 19.5. The summed E-state index contributed by atoms with van der Waals surface area (Å²) >= 11 is 0. The van der Waals surface area contributed by atoms with Gasteiger partial charge in [0, 0.05) is 11.5 Å². The van der Waals surface area contributed by atoms with E-state index >= 15 is 0 Å². The number of hydrogen-bond acceptors (Lipinski definition) is 3. The molecule has 4 nitrogen and oxygen atoms in total. The van der Waals surface area contributed by atoms with Crippen molar-refractivity contribution in [1.29, 1.82) is 0 Å². The minimum Gasteiger partial charge on any atom is -0.507 e. The number of benzene rings is 1. The van der Waals surface area contributed by atoms with Crippen LogP contribution in [-0.2, 0) is 11.2 Å². The van der Waals surface area contributed by atoms with Gasteiger partial charge in [0.1, 0.15) is 11.5 Å². The van der Waals surface area contributed by atoms with Crippen LogP contribution in [-0.4, -0.2) is 21.8 Å². The number of carbonyl (C=O) groups is 1. The highest BCUT2D eigenvalue weighted by Gasteiger charge is 2.46. The summed E-state index contributed by atoms with van der Waals surface area (Å²) in [4.78, 5) is 11.5. The zero-order valence-corrected chi connectivity index (χ0v) is 12.0. The predicted molar refractivity (Wildman–Crippen MR) is 71.9 cm³/mol. The van der Waals surface area contributed by atoms with Gasteiger partial charge in [-0.3, -0.25) is 0 Å². The van der Waals surface area contributed by atoms with Crippen molar-refractivity contribution in [2.75, 3.05) is 0 Å². The smallest absolute Gasteiger partial charge is 0.348 e. The second-order valence-corrected chi connectivity index (χ2v) is 5.65. The first-order valence-electron chi connectivity index (χ1n) is 6.44. The lowest BCUT2D eigenvalue weighted by molar-refractivity contribution is -0.159. The number of aromatic hydroxyl groups is 1. The van der Waals surface area contributed by atoms with E-state index in [1.54, 1.807) is 6.92 Å². The molecule has 0 bridgehead atoms. The van der Waals surface area contributed by atoms with E-state index in [2.05, 4.69) is 0 Å². The average Bonchev–Trinajstić information content (AvgIpc) is 2.36. The molecule has 1 aliphatic heterocycles. The number of rotatable bonds is 1. The fourth-order valence-electron chi connectivity index (χ4n) is 2.62. The Balaban J connectivity index is 2.67. The molecule has 0 saturated heterocycles. The molecule has 0 fully saturated rings. The molecule has 0 radical (unpaired) electrons. The Hall–Kier alpha value is -1.71. The van der Waals surface area contributed by atoms with E-state index in [0.717, 1.165) is 22.3 Å². The summed E-state index contributed by atoms with van der Waals surface area (Å²) < 4.78 is 5.83. The zero-order chi connectivity index (χ0) is 14.5. The maximum absolute atomic E-state index is 11.5. The highest BCUT2D eigenvalue weighted by atomic mass is 16.5. The van der Waals surface area contributed by atoms with Crippen LogP contribution in [0.5, 0.6) is 11.5 Å². The number of carboxylic acid groups (broad SMARTS) is 1. The van der Waals surface area contributed by atoms with Crippen LogP contribution in [0.3, 0.4) is 0 Å². The van der Waals surface area contributed by atoms with Crippen LogP contribution in [0.25, 0.3) is 0 Å². The van der Waals surface area contributed by atoms with Gasteiger partial charge in [-0.25, -0.2) is 4.79 Å². The molecule has 0 amide bonds. The van der Waals surface area contributed by atoms with Gasteiger partial charge in [0.15, 0.2) is 0 Å². The van der Waals surface area contributed by atoms with Gasteiger partial charge in [-0.05, 0) is 50.8 Å². The van der Waals surface area contributed by atoms with E-state index in [-0.39, 0.29) is 11.7 Å². The lowest BCUT2D eigenvalue weighted by atomic mass is 9.80. The normalized spacial score (nSPS) is 25.6. The molecule has 4 heteroatoms. The lowest BCUT2D eigenvalue weighted by Gasteiger charge is -2.39. The highest BCUT2D eigenvalue weighted by molar-refractivity contribution is 5.79. The van der Waals surface area contributed by atoms with Crippen LogP contribution in [0.4, 0.5) is 0 Å². The number of phenols is 1. The molecule has 2 rings (SSSR count). The molecule has 1 aromatic carbocycles. The first kappa shape index (κ1) is 13.7. The third kappa shape index (κ3) is 1.78. The summed E-state index contributed by atoms with van der Waals surface area (Å²) in [6.45, 7) is 8.99. The molecule has 1 unspecified atom stereocenters. The monoisotopic (exact) mass is 264 g/mol. The van der Waals surface area contributed by atoms with E-state index in [9.17, 15) is 15.0 Å². The second kappa shape index (κ2) is 4.15. The van der Waals surface area contributed by atoms with Crippen LogP contribution in [0.15, 0.2) is 0 Å². The Labute approximate surface area is 113 Å². The molecule has 2 N–H and O–H groups in total. The second-order valence-electron chi connectivity index (χ2n) is 5.65. The van der Waals surface area contributed by atoms with E-state index in [4.69, 9.17) is 4.74 Å². The van der Waals surface area contributed by atoms with E-state index in [1.807, 2.05) is 27.7 Å². The first-order valence-corrected chi connectivity index (χ1v) is 6.44. The highest BCUT2D eigenvalue weighted by Crippen LogP contribution is 2.45. The van der Waals surface area contributed by atoms with E-state index in [0.29, 0.717) is 12.2 Å². The molecular weight excluding hydrogens is 244 g/mol. The molecular formula is C15H20O4. The minimum atomic E-state index is -1.21. The van der Waals surface area contributed by atoms with Crippen LogP contribution in [0.1, 0.15) is 36.1 Å². The molecule has 1 heterocycles. The van der Waals surface area contributed by atoms with Crippen molar-refractivity contribution in [3.8, 4) is 11.5 Å². The largest absolute Gasteiger partial charge is 0.507 e. The Bertz CT molecular complexity index is 562. The Morgan fingerprint density at radius 3 is 2.37 bits per heavy atom. The van der Waals surface area contributed by atoms with Crippen molar-refractivity contribution in [3.05, 3.63) is 22.3 Å². The number of carboxylic acids is 1. The van der Waals surface area contributed by atoms with Crippen molar-refractivity contribution in [2.24, 2.45) is 5.92 Å². The Morgan fingerprint density at radius 2 is 1.84 bits per heavy atom. The zero-order valence-electron chi connectivity index (χ0n) is 12.0. The standard InChI is InChI=1S/C15H20O4/c1-7-6-11-10(4)12(16)8(2)9(3)13(11)19-15(7,5)14(17)18/h7,16H,6H2,1-5H3,(H,17,18)/t7?,15-/m0/s1. The van der Waals surface area contributed by atoms with Crippen LogP contribution >= 0.6 is 0 Å². The van der Waals surface area contributed by atoms with Crippen LogP contribution in [0.2, 0.25) is 0 Å². The lowest BCUT2D eigenvalue weighted by Crippen LogP contribution is -2.50. The van der Waals surface area contributed by atoms with Gasteiger partial charge < -0.3 is 14.9 Å². The van der Waals surface area contributed by atoms with Gasteiger partial charge >= 0.3 is 5.97 Å². The minimum absolute atomic E-state index is 0.155. The van der Waals surface area contributed by atoms with Gasteiger partial charge in [0.25, 0.3) is 0 Å². The summed E-state index contributed by atoms with van der Waals surface area (Å²) in [6, 6.07) is 0. The SMILES string of the molecule is Cc1c(C)c2c(c(C)c1O)CC(C)[C@@](C)(C(=O)O)O2. The Kier molecular flexibility index (Phi) is 3.00. The van der Waals surface area contributed by atoms with Crippen LogP contribution in [0, 0.1) is 26.7 Å². The van der Waals surface area contributed by atoms with Gasteiger partial charge in [-0.15, -0.1) is 0 Å². The van der Waals surface area contributed by atoms with Crippen LogP contribution < -0.4 is 4.74 Å². The van der Waals surface area contributed by atoms with Gasteiger partial charge in [0.2, 0.25) is 5.60 Å². The molecule has 104 valence electrons. The number of fused-ring (bicyclic) bond motifs is 1. The van der Waals surface area contributed by atoms with Gasteiger partial charge in [0.05, 0.1) is 0 Å². The summed E-state index contributed by atoms with van der Waals surface area (Å²) in [5.74, 6) is -0.201. The molecule has 0 aliphatic carbocycles. The maximum atomic E-state index is 11.5. The molecule has 0 aromatic heterocycles. The number of hydrogen-bond donors (Lipinski definition) is 2. The van der Waals surface area contributed by atoms with Crippen molar-refractivity contribution in [1.82, 2.24) is 0 Å².